The molecule has 2 rings (SSSR count). The van der Waals surface area contributed by atoms with E-state index in [-0.39, 0.29) is 18.0 Å². The Hall–Kier alpha value is -2.19. The molecule has 0 saturated carbocycles. The second-order valence-electron chi connectivity index (χ2n) is 10.2. The summed E-state index contributed by atoms with van der Waals surface area (Å²) in [5.41, 5.74) is 2.15. The van der Waals surface area contributed by atoms with E-state index in [1.807, 2.05) is 32.0 Å². The van der Waals surface area contributed by atoms with Gasteiger partial charge < -0.3 is 9.30 Å². The van der Waals surface area contributed by atoms with E-state index < -0.39 is 24.2 Å². The fourth-order valence-electron chi connectivity index (χ4n) is 3.57. The molecule has 0 aromatic heterocycles. The van der Waals surface area contributed by atoms with Gasteiger partial charge in [0, 0.05) is 17.0 Å². The van der Waals surface area contributed by atoms with Crippen molar-refractivity contribution in [3.63, 3.8) is 0 Å². The zero-order valence-corrected chi connectivity index (χ0v) is 20.9. The van der Waals surface area contributed by atoms with Crippen molar-refractivity contribution < 1.29 is 18.9 Å². The highest BCUT2D eigenvalue weighted by molar-refractivity contribution is 7.87. The molecule has 0 saturated heterocycles. The summed E-state index contributed by atoms with van der Waals surface area (Å²) in [6.45, 7) is 15.5. The highest BCUT2D eigenvalue weighted by atomic mass is 31.2. The monoisotopic (exact) mass is 442 g/mol. The molecular formula is C26H35O4P. The Kier molecular flexibility index (Phi) is 7.38. The van der Waals surface area contributed by atoms with E-state index in [0.29, 0.717) is 10.9 Å². The summed E-state index contributed by atoms with van der Waals surface area (Å²) in [6, 6.07) is 12.8. The van der Waals surface area contributed by atoms with E-state index in [9.17, 15) is 14.2 Å². The second-order valence-corrected chi connectivity index (χ2v) is 13.0. The van der Waals surface area contributed by atoms with Crippen molar-refractivity contribution in [2.75, 3.05) is 6.16 Å². The van der Waals surface area contributed by atoms with Crippen LogP contribution in [-0.4, -0.2) is 23.3 Å². The van der Waals surface area contributed by atoms with Gasteiger partial charge in [-0.25, -0.2) is 0 Å². The molecule has 1 unspecified atom stereocenters. The standard InChI is InChI=1S/C26H35O4P/c1-18-16-20(25(3,4)5)17-19(2)23(18)24(28)31(29,21-12-10-9-11-13-21)15-14-22(27)30-26(6,7)8/h9-13,16-17H,14-15H2,1-8H3. The van der Waals surface area contributed by atoms with Crippen molar-refractivity contribution >= 4 is 23.9 Å². The number of hydrogen-bond acceptors (Lipinski definition) is 4. The van der Waals surface area contributed by atoms with Crippen LogP contribution in [0, 0.1) is 13.8 Å². The average molecular weight is 443 g/mol. The third kappa shape index (κ3) is 6.17. The van der Waals surface area contributed by atoms with Crippen LogP contribution in [0.4, 0.5) is 0 Å². The smallest absolute Gasteiger partial charge is 0.306 e. The summed E-state index contributed by atoms with van der Waals surface area (Å²) in [6.07, 6.45) is -0.127. The van der Waals surface area contributed by atoms with E-state index in [0.717, 1.165) is 16.7 Å². The van der Waals surface area contributed by atoms with Crippen LogP contribution in [0.3, 0.4) is 0 Å². The molecule has 0 aliphatic carbocycles. The van der Waals surface area contributed by atoms with Crippen molar-refractivity contribution in [1.29, 1.82) is 0 Å². The number of esters is 1. The molecule has 0 heterocycles. The van der Waals surface area contributed by atoms with Gasteiger partial charge >= 0.3 is 5.97 Å². The van der Waals surface area contributed by atoms with Gasteiger partial charge in [-0.1, -0.05) is 63.2 Å². The normalized spacial score (nSPS) is 14.1. The number of ether oxygens (including phenoxy) is 1. The van der Waals surface area contributed by atoms with Crippen molar-refractivity contribution in [2.45, 2.75) is 72.8 Å². The summed E-state index contributed by atoms with van der Waals surface area (Å²) >= 11 is 0. The maximum atomic E-state index is 14.2. The lowest BCUT2D eigenvalue weighted by Crippen LogP contribution is -2.25. The fourth-order valence-corrected chi connectivity index (χ4v) is 6.13. The van der Waals surface area contributed by atoms with Gasteiger partial charge in [0.1, 0.15) is 5.60 Å². The minimum atomic E-state index is -3.55. The summed E-state index contributed by atoms with van der Waals surface area (Å²) in [7, 11) is -3.55. The topological polar surface area (TPSA) is 60.4 Å². The van der Waals surface area contributed by atoms with Crippen molar-refractivity contribution in [2.24, 2.45) is 0 Å². The largest absolute Gasteiger partial charge is 0.460 e. The first-order chi connectivity index (χ1) is 14.1. The van der Waals surface area contributed by atoms with Crippen LogP contribution >= 0.6 is 7.14 Å². The Morgan fingerprint density at radius 2 is 1.42 bits per heavy atom. The number of benzene rings is 2. The molecular weight excluding hydrogens is 407 g/mol. The predicted molar refractivity (Wildman–Crippen MR) is 128 cm³/mol. The molecule has 0 N–H and O–H groups in total. The lowest BCUT2D eigenvalue weighted by Gasteiger charge is -2.24. The number of rotatable bonds is 6. The Morgan fingerprint density at radius 1 is 0.903 bits per heavy atom. The van der Waals surface area contributed by atoms with E-state index in [4.69, 9.17) is 4.74 Å². The van der Waals surface area contributed by atoms with Gasteiger partial charge in [-0.3, -0.25) is 9.59 Å². The summed E-state index contributed by atoms with van der Waals surface area (Å²) in [5, 5.41) is 0.474. The van der Waals surface area contributed by atoms with Gasteiger partial charge in [0.2, 0.25) is 5.52 Å². The quantitative estimate of drug-likeness (QED) is 0.397. The summed E-state index contributed by atoms with van der Waals surface area (Å²) < 4.78 is 19.6. The van der Waals surface area contributed by atoms with E-state index in [1.54, 1.807) is 45.0 Å². The lowest BCUT2D eigenvalue weighted by atomic mass is 9.84. The first-order valence-electron chi connectivity index (χ1n) is 10.7. The van der Waals surface area contributed by atoms with Crippen LogP contribution in [0.15, 0.2) is 42.5 Å². The number of hydrogen-bond donors (Lipinski definition) is 0. The second kappa shape index (κ2) is 9.12. The van der Waals surface area contributed by atoms with Crippen LogP contribution in [0.5, 0.6) is 0 Å². The molecule has 0 aliphatic heterocycles. The molecule has 168 valence electrons. The molecule has 4 nitrogen and oxygen atoms in total. The van der Waals surface area contributed by atoms with Crippen molar-refractivity contribution in [3.8, 4) is 0 Å². The fraction of sp³-hybridized carbons (Fsp3) is 0.462. The first-order valence-corrected chi connectivity index (χ1v) is 12.6. The Bertz CT molecular complexity index is 985. The highest BCUT2D eigenvalue weighted by Crippen LogP contribution is 2.49. The van der Waals surface area contributed by atoms with E-state index >= 15 is 0 Å². The zero-order chi connectivity index (χ0) is 23.6. The van der Waals surface area contributed by atoms with Gasteiger partial charge in [-0.2, -0.15) is 0 Å². The maximum Gasteiger partial charge on any atom is 0.306 e. The molecule has 0 bridgehead atoms. The molecule has 0 radical (unpaired) electrons. The van der Waals surface area contributed by atoms with Crippen molar-refractivity contribution in [3.05, 3.63) is 64.7 Å². The highest BCUT2D eigenvalue weighted by Gasteiger charge is 2.37. The van der Waals surface area contributed by atoms with Crippen LogP contribution in [-0.2, 0) is 19.5 Å². The summed E-state index contributed by atoms with van der Waals surface area (Å²) in [5.74, 6) is -0.451. The molecule has 0 amide bonds. The molecule has 2 aromatic rings. The minimum absolute atomic E-state index is 0.0509. The van der Waals surface area contributed by atoms with E-state index in [1.165, 1.54) is 0 Å². The molecule has 2 aromatic carbocycles. The van der Waals surface area contributed by atoms with Gasteiger partial charge in [0.15, 0.2) is 7.14 Å². The van der Waals surface area contributed by atoms with Crippen LogP contribution in [0.25, 0.3) is 0 Å². The first kappa shape index (κ1) is 25.1. The molecule has 31 heavy (non-hydrogen) atoms. The summed E-state index contributed by atoms with van der Waals surface area (Å²) in [4.78, 5) is 26.1. The Balaban J connectivity index is 2.50. The molecule has 0 spiro atoms. The van der Waals surface area contributed by atoms with Crippen LogP contribution in [0.2, 0.25) is 0 Å². The third-order valence-corrected chi connectivity index (χ3v) is 8.03. The van der Waals surface area contributed by atoms with Gasteiger partial charge in [0.05, 0.1) is 6.42 Å². The molecule has 0 aliphatic rings. The SMILES string of the molecule is Cc1cc(C(C)(C)C)cc(C)c1C(=O)P(=O)(CCC(=O)OC(C)(C)C)c1ccccc1. The van der Waals surface area contributed by atoms with Crippen LogP contribution < -0.4 is 5.30 Å². The average Bonchev–Trinajstić information content (AvgIpc) is 2.64. The predicted octanol–water partition coefficient (Wildman–Crippen LogP) is 6.16. The van der Waals surface area contributed by atoms with Gasteiger partial charge in [-0.05, 0) is 56.7 Å². The van der Waals surface area contributed by atoms with Gasteiger partial charge in [-0.15, -0.1) is 0 Å². The lowest BCUT2D eigenvalue weighted by molar-refractivity contribution is -0.154. The Morgan fingerprint density at radius 3 is 1.87 bits per heavy atom. The third-order valence-electron chi connectivity index (χ3n) is 5.16. The maximum absolute atomic E-state index is 14.2. The molecule has 5 heteroatoms. The minimum Gasteiger partial charge on any atom is -0.460 e. The zero-order valence-electron chi connectivity index (χ0n) is 20.0. The van der Waals surface area contributed by atoms with Crippen molar-refractivity contribution in [1.82, 2.24) is 0 Å². The number of carbonyl (C=O) groups is 2. The number of carbonyl (C=O) groups excluding carboxylic acids is 2. The Labute approximate surface area is 186 Å². The molecule has 1 atom stereocenters. The van der Waals surface area contributed by atoms with E-state index in [2.05, 4.69) is 20.8 Å². The number of aryl methyl sites for hydroxylation is 2. The molecule has 0 fully saturated rings. The van der Waals surface area contributed by atoms with Gasteiger partial charge in [0.25, 0.3) is 0 Å². The van der Waals surface area contributed by atoms with Crippen LogP contribution in [0.1, 0.15) is 75.0 Å².